The highest BCUT2D eigenvalue weighted by molar-refractivity contribution is 6.08. The van der Waals surface area contributed by atoms with E-state index in [2.05, 4.69) is 25.9 Å². The van der Waals surface area contributed by atoms with Crippen LogP contribution in [0, 0.1) is 0 Å². The van der Waals surface area contributed by atoms with Gasteiger partial charge in [0.1, 0.15) is 5.82 Å². The van der Waals surface area contributed by atoms with Crippen molar-refractivity contribution in [3.05, 3.63) is 90.3 Å². The highest BCUT2D eigenvalue weighted by Crippen LogP contribution is 2.21. The van der Waals surface area contributed by atoms with E-state index in [1.54, 1.807) is 38.6 Å². The van der Waals surface area contributed by atoms with E-state index in [1.807, 2.05) is 54.6 Å². The van der Waals surface area contributed by atoms with Crippen LogP contribution in [0.3, 0.4) is 0 Å². The summed E-state index contributed by atoms with van der Waals surface area (Å²) in [6, 6.07) is 20.3. The number of carbonyl (C=O) groups is 2. The van der Waals surface area contributed by atoms with Crippen molar-refractivity contribution in [1.29, 1.82) is 0 Å². The van der Waals surface area contributed by atoms with Gasteiger partial charge in [-0.1, -0.05) is 30.3 Å². The minimum Gasteiger partial charge on any atom is -0.380 e. The Hall–Kier alpha value is -4.46. The van der Waals surface area contributed by atoms with Crippen LogP contribution in [0.15, 0.2) is 79.1 Å². The molecule has 2 heterocycles. The lowest BCUT2D eigenvalue weighted by Crippen LogP contribution is -2.27. The van der Waals surface area contributed by atoms with E-state index < -0.39 is 0 Å². The second-order valence-corrected chi connectivity index (χ2v) is 7.64. The van der Waals surface area contributed by atoms with Crippen LogP contribution in [-0.2, 0) is 6.54 Å². The summed E-state index contributed by atoms with van der Waals surface area (Å²) in [6.45, 7) is 0.454. The van der Waals surface area contributed by atoms with Crippen molar-refractivity contribution in [1.82, 2.24) is 14.9 Å². The molecule has 8 nitrogen and oxygen atoms in total. The molecule has 2 aromatic heterocycles. The topological polar surface area (TPSA) is 99.2 Å². The minimum absolute atomic E-state index is 0.233. The Morgan fingerprint density at radius 3 is 2.55 bits per heavy atom. The lowest BCUT2D eigenvalue weighted by Gasteiger charge is -2.14. The average molecular weight is 441 g/mol. The molecule has 4 rings (SSSR count). The van der Waals surface area contributed by atoms with Crippen LogP contribution in [-0.4, -0.2) is 40.9 Å². The number of para-hydroxylation sites is 2. The molecule has 3 amide bonds. The molecular weight excluding hydrogens is 416 g/mol. The van der Waals surface area contributed by atoms with Gasteiger partial charge in [0.25, 0.3) is 5.91 Å². The van der Waals surface area contributed by atoms with E-state index in [0.717, 1.165) is 16.5 Å². The first kappa shape index (κ1) is 21.8. The number of fused-ring (bicyclic) bond motifs is 1. The average Bonchev–Trinajstić information content (AvgIpc) is 2.83. The molecule has 8 heteroatoms. The summed E-state index contributed by atoms with van der Waals surface area (Å²) >= 11 is 0. The molecule has 0 saturated carbocycles. The molecule has 3 N–H and O–H groups in total. The molecule has 0 spiro atoms. The smallest absolute Gasteiger partial charge is 0.322 e. The summed E-state index contributed by atoms with van der Waals surface area (Å²) in [5.74, 6) is 0.228. The summed E-state index contributed by atoms with van der Waals surface area (Å²) in [5, 5.41) is 9.91. The molecule has 0 saturated heterocycles. The summed E-state index contributed by atoms with van der Waals surface area (Å²) in [5.41, 5.74) is 3.62. The zero-order chi connectivity index (χ0) is 23.2. The van der Waals surface area contributed by atoms with E-state index in [0.29, 0.717) is 29.3 Å². The third kappa shape index (κ3) is 5.43. The number of pyridine rings is 2. The van der Waals surface area contributed by atoms with Gasteiger partial charge in [-0.05, 0) is 42.0 Å². The Bertz CT molecular complexity index is 1300. The van der Waals surface area contributed by atoms with Gasteiger partial charge in [-0.2, -0.15) is 0 Å². The monoisotopic (exact) mass is 440 g/mol. The first-order valence-corrected chi connectivity index (χ1v) is 10.4. The fourth-order valence-electron chi connectivity index (χ4n) is 3.24. The molecule has 2 aromatic carbocycles. The van der Waals surface area contributed by atoms with Gasteiger partial charge in [-0.3, -0.25) is 15.1 Å². The largest absolute Gasteiger partial charge is 0.380 e. The van der Waals surface area contributed by atoms with Crippen molar-refractivity contribution < 1.29 is 9.59 Å². The highest BCUT2D eigenvalue weighted by atomic mass is 16.2. The number of hydrogen-bond donors (Lipinski definition) is 3. The Morgan fingerprint density at radius 2 is 1.70 bits per heavy atom. The van der Waals surface area contributed by atoms with Gasteiger partial charge >= 0.3 is 6.03 Å². The molecule has 166 valence electrons. The van der Waals surface area contributed by atoms with Gasteiger partial charge in [0.15, 0.2) is 0 Å². The maximum absolute atomic E-state index is 13.0. The first-order valence-electron chi connectivity index (χ1n) is 10.4. The Balaban J connectivity index is 1.46. The first-order chi connectivity index (χ1) is 16.0. The molecule has 0 aliphatic carbocycles. The van der Waals surface area contributed by atoms with Crippen molar-refractivity contribution in [2.75, 3.05) is 30.0 Å². The number of benzene rings is 2. The van der Waals surface area contributed by atoms with Crippen LogP contribution in [0.1, 0.15) is 15.9 Å². The molecule has 0 aliphatic heterocycles. The fourth-order valence-corrected chi connectivity index (χ4v) is 3.24. The molecule has 33 heavy (non-hydrogen) atoms. The third-order valence-corrected chi connectivity index (χ3v) is 4.97. The number of rotatable bonds is 6. The Kier molecular flexibility index (Phi) is 6.45. The minimum atomic E-state index is -0.252. The number of anilines is 3. The normalized spacial score (nSPS) is 10.5. The molecule has 0 unspecified atom stereocenters. The Labute approximate surface area is 191 Å². The molecule has 0 atom stereocenters. The summed E-state index contributed by atoms with van der Waals surface area (Å²) in [7, 11) is 3.33. The summed E-state index contributed by atoms with van der Waals surface area (Å²) in [4.78, 5) is 34.8. The van der Waals surface area contributed by atoms with Gasteiger partial charge in [0.05, 0.1) is 23.0 Å². The summed E-state index contributed by atoms with van der Waals surface area (Å²) in [6.07, 6.45) is 3.28. The zero-order valence-corrected chi connectivity index (χ0v) is 18.4. The van der Waals surface area contributed by atoms with Gasteiger partial charge < -0.3 is 15.5 Å². The molecule has 0 fully saturated rings. The van der Waals surface area contributed by atoms with Crippen molar-refractivity contribution in [3.8, 4) is 0 Å². The molecule has 0 aliphatic rings. The number of carbonyl (C=O) groups excluding carboxylic acids is 2. The molecule has 4 aromatic rings. The highest BCUT2D eigenvalue weighted by Gasteiger charge is 2.12. The molecule has 0 radical (unpaired) electrons. The number of nitrogens with zero attached hydrogens (tertiary/aromatic N) is 3. The van der Waals surface area contributed by atoms with Crippen LogP contribution < -0.4 is 16.0 Å². The van der Waals surface area contributed by atoms with Gasteiger partial charge in [-0.25, -0.2) is 9.78 Å². The van der Waals surface area contributed by atoms with Crippen molar-refractivity contribution in [2.24, 2.45) is 0 Å². The molecule has 0 bridgehead atoms. The Morgan fingerprint density at radius 1 is 0.909 bits per heavy atom. The second-order valence-electron chi connectivity index (χ2n) is 7.64. The quantitative estimate of drug-likeness (QED) is 0.407. The number of urea groups is 1. The van der Waals surface area contributed by atoms with Gasteiger partial charge in [-0.15, -0.1) is 0 Å². The lowest BCUT2D eigenvalue weighted by atomic mass is 10.1. The van der Waals surface area contributed by atoms with Crippen LogP contribution in [0.4, 0.5) is 22.0 Å². The number of hydrogen-bond acceptors (Lipinski definition) is 5. The van der Waals surface area contributed by atoms with Crippen molar-refractivity contribution in [2.45, 2.75) is 6.54 Å². The van der Waals surface area contributed by atoms with E-state index >= 15 is 0 Å². The maximum Gasteiger partial charge on any atom is 0.322 e. The molecular formula is C25H24N6O2. The van der Waals surface area contributed by atoms with Crippen LogP contribution in [0.2, 0.25) is 0 Å². The maximum atomic E-state index is 13.0. The van der Waals surface area contributed by atoms with Crippen LogP contribution in [0.25, 0.3) is 10.9 Å². The van der Waals surface area contributed by atoms with Gasteiger partial charge in [0, 0.05) is 37.9 Å². The number of amides is 3. The number of nitrogens with one attached hydrogen (secondary N) is 3. The lowest BCUT2D eigenvalue weighted by molar-refractivity contribution is 0.102. The van der Waals surface area contributed by atoms with E-state index in [9.17, 15) is 9.59 Å². The second kappa shape index (κ2) is 9.78. The predicted molar refractivity (Wildman–Crippen MR) is 130 cm³/mol. The van der Waals surface area contributed by atoms with Crippen molar-refractivity contribution in [3.63, 3.8) is 0 Å². The van der Waals surface area contributed by atoms with E-state index in [-0.39, 0.29) is 11.9 Å². The predicted octanol–water partition coefficient (Wildman–Crippen LogP) is 4.59. The SMILES string of the molecule is CN(C)C(=O)Nc1cc(CNc2ccccc2C(=O)Nc2cnc3ccccc3c2)ccn1. The van der Waals surface area contributed by atoms with Crippen LogP contribution in [0.5, 0.6) is 0 Å². The van der Waals surface area contributed by atoms with E-state index in [1.165, 1.54) is 4.90 Å². The standard InChI is InChI=1S/C25H24N6O2/c1-31(2)25(33)30-23-13-17(11-12-26-23)15-27-22-10-6-4-8-20(22)24(32)29-19-14-18-7-3-5-9-21(18)28-16-19/h3-14,16,27H,15H2,1-2H3,(H,29,32)(H,26,30,33). The van der Waals surface area contributed by atoms with Gasteiger partial charge in [0.2, 0.25) is 0 Å². The van der Waals surface area contributed by atoms with Crippen molar-refractivity contribution >= 4 is 40.0 Å². The van der Waals surface area contributed by atoms with Crippen LogP contribution >= 0.6 is 0 Å². The fraction of sp³-hybridized carbons (Fsp3) is 0.120. The third-order valence-electron chi connectivity index (χ3n) is 4.97. The summed E-state index contributed by atoms with van der Waals surface area (Å²) < 4.78 is 0. The van der Waals surface area contributed by atoms with E-state index in [4.69, 9.17) is 0 Å². The number of aromatic nitrogens is 2. The zero-order valence-electron chi connectivity index (χ0n) is 18.4.